The maximum atomic E-state index is 12.7. The fraction of sp³-hybridized carbons (Fsp3) is 0.667. The molecular formula is C21H34N2O. The second kappa shape index (κ2) is 9.22. The van der Waals surface area contributed by atoms with E-state index in [1.54, 1.807) is 0 Å². The molecule has 1 aliphatic heterocycles. The molecule has 1 N–H and O–H groups in total. The van der Waals surface area contributed by atoms with Crippen LogP contribution in [-0.2, 0) is 4.79 Å². The number of nitrogens with one attached hydrogen (secondary N) is 1. The molecule has 1 aromatic carbocycles. The predicted octanol–water partition coefficient (Wildman–Crippen LogP) is 5.14. The Morgan fingerprint density at radius 2 is 1.46 bits per heavy atom. The Morgan fingerprint density at radius 1 is 0.958 bits per heavy atom. The van der Waals surface area contributed by atoms with Gasteiger partial charge in [0.1, 0.15) is 0 Å². The van der Waals surface area contributed by atoms with Crippen molar-refractivity contribution in [2.45, 2.75) is 71.6 Å². The van der Waals surface area contributed by atoms with Gasteiger partial charge in [-0.2, -0.15) is 0 Å². The van der Waals surface area contributed by atoms with E-state index >= 15 is 0 Å². The molecule has 0 saturated carbocycles. The van der Waals surface area contributed by atoms with Gasteiger partial charge in [-0.15, -0.1) is 0 Å². The summed E-state index contributed by atoms with van der Waals surface area (Å²) < 4.78 is 0. The highest BCUT2D eigenvalue weighted by Gasteiger charge is 2.18. The van der Waals surface area contributed by atoms with Crippen molar-refractivity contribution in [2.75, 3.05) is 25.0 Å². The summed E-state index contributed by atoms with van der Waals surface area (Å²) in [5, 5.41) is 3.24. The Bertz CT molecular complexity index is 502. The van der Waals surface area contributed by atoms with Crippen molar-refractivity contribution in [3.05, 3.63) is 29.3 Å². The minimum absolute atomic E-state index is 0.130. The first-order chi connectivity index (χ1) is 11.5. The van der Waals surface area contributed by atoms with Crippen LogP contribution in [0.2, 0.25) is 0 Å². The Labute approximate surface area is 147 Å². The summed E-state index contributed by atoms with van der Waals surface area (Å²) in [5.74, 6) is 0.937. The van der Waals surface area contributed by atoms with Gasteiger partial charge in [-0.05, 0) is 48.9 Å². The van der Waals surface area contributed by atoms with E-state index < -0.39 is 0 Å². The van der Waals surface area contributed by atoms with Crippen LogP contribution in [0.1, 0.15) is 82.8 Å². The van der Waals surface area contributed by atoms with Gasteiger partial charge in [0.15, 0.2) is 0 Å². The maximum absolute atomic E-state index is 12.7. The first kappa shape index (κ1) is 19.0. The zero-order valence-corrected chi connectivity index (χ0v) is 15.9. The molecule has 134 valence electrons. The second-order valence-electron chi connectivity index (χ2n) is 7.71. The molecule has 0 unspecified atom stereocenters. The van der Waals surface area contributed by atoms with Crippen LogP contribution < -0.4 is 5.32 Å². The fourth-order valence-corrected chi connectivity index (χ4v) is 3.55. The van der Waals surface area contributed by atoms with E-state index in [1.807, 2.05) is 0 Å². The van der Waals surface area contributed by atoms with Crippen molar-refractivity contribution < 1.29 is 4.79 Å². The minimum atomic E-state index is 0.130. The molecule has 0 aliphatic carbocycles. The third-order valence-corrected chi connectivity index (χ3v) is 4.95. The lowest BCUT2D eigenvalue weighted by atomic mass is 9.92. The van der Waals surface area contributed by atoms with Crippen LogP contribution in [0.15, 0.2) is 18.2 Å². The van der Waals surface area contributed by atoms with Crippen LogP contribution in [-0.4, -0.2) is 30.4 Å². The first-order valence-corrected chi connectivity index (χ1v) is 9.64. The van der Waals surface area contributed by atoms with Gasteiger partial charge in [-0.1, -0.05) is 65.2 Å². The lowest BCUT2D eigenvalue weighted by molar-refractivity contribution is -0.117. The summed E-state index contributed by atoms with van der Waals surface area (Å²) >= 11 is 0. The molecule has 1 amide bonds. The van der Waals surface area contributed by atoms with E-state index in [0.29, 0.717) is 18.4 Å². The minimum Gasteiger partial charge on any atom is -0.324 e. The van der Waals surface area contributed by atoms with Crippen LogP contribution in [0.3, 0.4) is 0 Å². The van der Waals surface area contributed by atoms with Crippen molar-refractivity contribution in [2.24, 2.45) is 0 Å². The Morgan fingerprint density at radius 3 is 1.96 bits per heavy atom. The molecule has 3 heteroatoms. The highest BCUT2D eigenvalue weighted by Crippen LogP contribution is 2.32. The third-order valence-electron chi connectivity index (χ3n) is 4.95. The van der Waals surface area contributed by atoms with Gasteiger partial charge in [0.25, 0.3) is 0 Å². The summed E-state index contributed by atoms with van der Waals surface area (Å²) in [6, 6.07) is 6.39. The van der Waals surface area contributed by atoms with Gasteiger partial charge in [-0.25, -0.2) is 0 Å². The van der Waals surface area contributed by atoms with E-state index in [-0.39, 0.29) is 5.91 Å². The number of carbonyl (C=O) groups is 1. The molecule has 1 fully saturated rings. The topological polar surface area (TPSA) is 32.3 Å². The maximum Gasteiger partial charge on any atom is 0.238 e. The number of benzene rings is 1. The van der Waals surface area contributed by atoms with Crippen LogP contribution in [0.5, 0.6) is 0 Å². The SMILES string of the molecule is CC(C)c1cccc(C(C)C)c1NC(=O)CN1CCCCCCC1. The number of para-hydroxylation sites is 1. The van der Waals surface area contributed by atoms with Crippen LogP contribution in [0.4, 0.5) is 5.69 Å². The summed E-state index contributed by atoms with van der Waals surface area (Å²) in [6.45, 7) is 11.4. The summed E-state index contributed by atoms with van der Waals surface area (Å²) in [5.41, 5.74) is 3.52. The highest BCUT2D eigenvalue weighted by molar-refractivity contribution is 5.94. The zero-order chi connectivity index (χ0) is 17.5. The van der Waals surface area contributed by atoms with Crippen molar-refractivity contribution in [1.29, 1.82) is 0 Å². The number of nitrogens with zero attached hydrogens (tertiary/aromatic N) is 1. The molecule has 3 nitrogen and oxygen atoms in total. The highest BCUT2D eigenvalue weighted by atomic mass is 16.2. The zero-order valence-electron chi connectivity index (χ0n) is 15.9. The van der Waals surface area contributed by atoms with Gasteiger partial charge in [0.05, 0.1) is 6.54 Å². The molecule has 1 heterocycles. The quantitative estimate of drug-likeness (QED) is 0.811. The van der Waals surface area contributed by atoms with Crippen molar-refractivity contribution in [1.82, 2.24) is 4.90 Å². The standard InChI is InChI=1S/C21H34N2O/c1-16(2)18-11-10-12-19(17(3)4)21(18)22-20(24)15-23-13-8-6-5-7-9-14-23/h10-12,16-17H,5-9,13-15H2,1-4H3,(H,22,24). The van der Waals surface area contributed by atoms with E-state index in [1.165, 1.54) is 43.2 Å². The van der Waals surface area contributed by atoms with Gasteiger partial charge < -0.3 is 5.32 Å². The average molecular weight is 331 g/mol. The molecule has 1 aliphatic rings. The molecule has 0 radical (unpaired) electrons. The lowest BCUT2D eigenvalue weighted by Gasteiger charge is -2.25. The molecular weight excluding hydrogens is 296 g/mol. The van der Waals surface area contributed by atoms with E-state index in [0.717, 1.165) is 18.8 Å². The lowest BCUT2D eigenvalue weighted by Crippen LogP contribution is -2.35. The molecule has 1 saturated heterocycles. The van der Waals surface area contributed by atoms with Crippen molar-refractivity contribution in [3.63, 3.8) is 0 Å². The molecule has 0 atom stereocenters. The van der Waals surface area contributed by atoms with Gasteiger partial charge >= 0.3 is 0 Å². The van der Waals surface area contributed by atoms with Gasteiger partial charge in [-0.3, -0.25) is 9.69 Å². The van der Waals surface area contributed by atoms with Crippen LogP contribution in [0, 0.1) is 0 Å². The molecule has 2 rings (SSSR count). The van der Waals surface area contributed by atoms with Gasteiger partial charge in [0, 0.05) is 5.69 Å². The van der Waals surface area contributed by atoms with Crippen molar-refractivity contribution >= 4 is 11.6 Å². The van der Waals surface area contributed by atoms with Gasteiger partial charge in [0.2, 0.25) is 5.91 Å². The molecule has 1 aromatic rings. The molecule has 0 bridgehead atoms. The summed E-state index contributed by atoms with van der Waals surface area (Å²) in [4.78, 5) is 15.0. The molecule has 0 spiro atoms. The summed E-state index contributed by atoms with van der Waals surface area (Å²) in [6.07, 6.45) is 6.37. The monoisotopic (exact) mass is 330 g/mol. The van der Waals surface area contributed by atoms with Crippen molar-refractivity contribution in [3.8, 4) is 0 Å². The Balaban J connectivity index is 2.09. The van der Waals surface area contributed by atoms with E-state index in [4.69, 9.17) is 0 Å². The third kappa shape index (κ3) is 5.34. The number of anilines is 1. The number of amides is 1. The first-order valence-electron chi connectivity index (χ1n) is 9.64. The number of rotatable bonds is 5. The van der Waals surface area contributed by atoms with E-state index in [9.17, 15) is 4.79 Å². The number of likely N-dealkylation sites (tertiary alicyclic amines) is 1. The average Bonchev–Trinajstić information content (AvgIpc) is 2.49. The van der Waals surface area contributed by atoms with Crippen LogP contribution >= 0.6 is 0 Å². The van der Waals surface area contributed by atoms with Crippen LogP contribution in [0.25, 0.3) is 0 Å². The Kier molecular flexibility index (Phi) is 7.29. The normalized spacial score (nSPS) is 16.9. The largest absolute Gasteiger partial charge is 0.324 e. The summed E-state index contributed by atoms with van der Waals surface area (Å²) in [7, 11) is 0. The van der Waals surface area contributed by atoms with E-state index in [2.05, 4.69) is 56.1 Å². The fourth-order valence-electron chi connectivity index (χ4n) is 3.55. The number of carbonyl (C=O) groups excluding carboxylic acids is 1. The number of hydrogen-bond donors (Lipinski definition) is 1. The number of hydrogen-bond acceptors (Lipinski definition) is 2. The molecule has 24 heavy (non-hydrogen) atoms. The smallest absolute Gasteiger partial charge is 0.238 e. The second-order valence-corrected chi connectivity index (χ2v) is 7.71. The predicted molar refractivity (Wildman–Crippen MR) is 103 cm³/mol. The molecule has 0 aromatic heterocycles. The Hall–Kier alpha value is -1.35.